The number of nitrogens with one attached hydrogen (secondary N) is 1. The Bertz CT molecular complexity index is 479. The monoisotopic (exact) mass is 293 g/mol. The third-order valence-electron chi connectivity index (χ3n) is 2.50. The smallest absolute Gasteiger partial charge is 0.0953 e. The first kappa shape index (κ1) is 12.3. The summed E-state index contributed by atoms with van der Waals surface area (Å²) in [5.74, 6) is 0. The minimum absolute atomic E-state index is 0.835. The van der Waals surface area contributed by atoms with E-state index in [1.165, 1.54) is 5.56 Å². The molecule has 1 N–H and O–H groups in total. The summed E-state index contributed by atoms with van der Waals surface area (Å²) in [4.78, 5) is 4.36. The van der Waals surface area contributed by atoms with Gasteiger partial charge >= 0.3 is 0 Å². The highest BCUT2D eigenvalue weighted by molar-refractivity contribution is 9.10. The number of hydrogen-bond acceptors (Lipinski definition) is 2. The first-order valence-electron chi connectivity index (χ1n) is 5.73. The van der Waals surface area contributed by atoms with Crippen LogP contribution in [0, 0.1) is 0 Å². The predicted molar refractivity (Wildman–Crippen MR) is 72.9 cm³/mol. The summed E-state index contributed by atoms with van der Waals surface area (Å²) in [5, 5.41) is 3.27. The Morgan fingerprint density at radius 2 is 2.29 bits per heavy atom. The third-order valence-corrected chi connectivity index (χ3v) is 2.99. The zero-order chi connectivity index (χ0) is 12.1. The Morgan fingerprint density at radius 3 is 3.06 bits per heavy atom. The van der Waals surface area contributed by atoms with Gasteiger partial charge in [0.1, 0.15) is 0 Å². The fraction of sp³-hybridized carbons (Fsp3) is 0.308. The molecule has 0 fully saturated rings. The second kappa shape index (κ2) is 5.98. The molecule has 0 unspecified atom stereocenters. The van der Waals surface area contributed by atoms with Crippen LogP contribution in [-0.2, 0) is 13.1 Å². The highest BCUT2D eigenvalue weighted by Gasteiger charge is 1.99. The quantitative estimate of drug-likeness (QED) is 0.919. The van der Waals surface area contributed by atoms with Crippen molar-refractivity contribution in [3.8, 4) is 0 Å². The molecule has 0 saturated carbocycles. The first-order valence-corrected chi connectivity index (χ1v) is 6.53. The van der Waals surface area contributed by atoms with Crippen molar-refractivity contribution in [2.45, 2.75) is 20.0 Å². The van der Waals surface area contributed by atoms with E-state index >= 15 is 0 Å². The van der Waals surface area contributed by atoms with E-state index in [2.05, 4.69) is 62.1 Å². The van der Waals surface area contributed by atoms with Gasteiger partial charge in [-0.15, -0.1) is 0 Å². The van der Waals surface area contributed by atoms with E-state index in [0.717, 1.165) is 29.8 Å². The molecule has 0 saturated heterocycles. The molecule has 1 aromatic carbocycles. The minimum atomic E-state index is 0.835. The number of halogens is 1. The summed E-state index contributed by atoms with van der Waals surface area (Å²) < 4.78 is 3.22. The molecule has 0 amide bonds. The van der Waals surface area contributed by atoms with Crippen LogP contribution in [0.5, 0.6) is 0 Å². The summed E-state index contributed by atoms with van der Waals surface area (Å²) in [6.45, 7) is 4.76. The maximum absolute atomic E-state index is 4.36. The molecule has 0 spiro atoms. The lowest BCUT2D eigenvalue weighted by atomic mass is 10.2. The van der Waals surface area contributed by atoms with Gasteiger partial charge in [0.2, 0.25) is 0 Å². The van der Waals surface area contributed by atoms with E-state index in [-0.39, 0.29) is 0 Å². The fourth-order valence-electron chi connectivity index (χ4n) is 1.68. The van der Waals surface area contributed by atoms with Crippen molar-refractivity contribution in [1.82, 2.24) is 14.9 Å². The summed E-state index contributed by atoms with van der Waals surface area (Å²) in [5.41, 5.74) is 2.36. The Kier molecular flexibility index (Phi) is 4.34. The molecule has 1 heterocycles. The van der Waals surface area contributed by atoms with Crippen LogP contribution in [0.1, 0.15) is 18.2 Å². The van der Waals surface area contributed by atoms with Crippen LogP contribution in [0.3, 0.4) is 0 Å². The zero-order valence-electron chi connectivity index (χ0n) is 9.86. The van der Waals surface area contributed by atoms with Gasteiger partial charge in [-0.1, -0.05) is 35.0 Å². The lowest BCUT2D eigenvalue weighted by Gasteiger charge is -2.02. The number of hydrogen-bond donors (Lipinski definition) is 1. The molecule has 3 nitrogen and oxygen atoms in total. The molecule has 0 bridgehead atoms. The van der Waals surface area contributed by atoms with Gasteiger partial charge in [-0.3, -0.25) is 0 Å². The van der Waals surface area contributed by atoms with Crippen molar-refractivity contribution in [2.75, 3.05) is 6.54 Å². The normalized spacial score (nSPS) is 10.7. The zero-order valence-corrected chi connectivity index (χ0v) is 11.4. The molecule has 17 heavy (non-hydrogen) atoms. The van der Waals surface area contributed by atoms with Gasteiger partial charge in [-0.05, 0) is 24.2 Å². The number of imidazole rings is 1. The van der Waals surface area contributed by atoms with Crippen LogP contribution < -0.4 is 5.32 Å². The van der Waals surface area contributed by atoms with Gasteiger partial charge in [-0.2, -0.15) is 0 Å². The average Bonchev–Trinajstić information content (AvgIpc) is 2.74. The van der Waals surface area contributed by atoms with Crippen LogP contribution in [0.25, 0.3) is 0 Å². The Hall–Kier alpha value is -1.13. The van der Waals surface area contributed by atoms with Crippen molar-refractivity contribution < 1.29 is 0 Å². The van der Waals surface area contributed by atoms with Crippen LogP contribution >= 0.6 is 15.9 Å². The molecule has 90 valence electrons. The highest BCUT2D eigenvalue weighted by Crippen LogP contribution is 2.12. The van der Waals surface area contributed by atoms with Crippen molar-refractivity contribution in [2.24, 2.45) is 0 Å². The Labute approximate surface area is 110 Å². The Balaban J connectivity index is 2.01. The van der Waals surface area contributed by atoms with Gasteiger partial charge in [-0.25, -0.2) is 4.98 Å². The second-order valence-corrected chi connectivity index (χ2v) is 4.86. The van der Waals surface area contributed by atoms with E-state index in [1.54, 1.807) is 0 Å². The fourth-order valence-corrected chi connectivity index (χ4v) is 2.13. The van der Waals surface area contributed by atoms with Crippen molar-refractivity contribution in [3.05, 3.63) is 52.5 Å². The summed E-state index contributed by atoms with van der Waals surface area (Å²) in [6.07, 6.45) is 3.97. The molecule has 2 rings (SSSR count). The van der Waals surface area contributed by atoms with Crippen molar-refractivity contribution in [3.63, 3.8) is 0 Å². The first-order chi connectivity index (χ1) is 8.28. The molecular weight excluding hydrogens is 278 g/mol. The van der Waals surface area contributed by atoms with Crippen LogP contribution in [0.2, 0.25) is 0 Å². The van der Waals surface area contributed by atoms with Gasteiger partial charge in [0.25, 0.3) is 0 Å². The molecular formula is C13H16BrN3. The summed E-state index contributed by atoms with van der Waals surface area (Å²) in [6, 6.07) is 8.34. The lowest BCUT2D eigenvalue weighted by molar-refractivity contribution is 0.712. The SMILES string of the molecule is CCNCc1cn(Cc2cccc(Br)c2)cn1. The van der Waals surface area contributed by atoms with E-state index in [0.29, 0.717) is 0 Å². The average molecular weight is 294 g/mol. The van der Waals surface area contributed by atoms with Gasteiger partial charge in [0, 0.05) is 23.8 Å². The maximum atomic E-state index is 4.36. The molecule has 1 aromatic heterocycles. The predicted octanol–water partition coefficient (Wildman–Crippen LogP) is 2.80. The van der Waals surface area contributed by atoms with Gasteiger partial charge in [0.05, 0.1) is 12.0 Å². The van der Waals surface area contributed by atoms with Crippen LogP contribution in [0.15, 0.2) is 41.3 Å². The number of nitrogens with zero attached hydrogens (tertiary/aromatic N) is 2. The molecule has 0 aliphatic carbocycles. The maximum Gasteiger partial charge on any atom is 0.0953 e. The van der Waals surface area contributed by atoms with E-state index < -0.39 is 0 Å². The lowest BCUT2D eigenvalue weighted by Crippen LogP contribution is -2.11. The molecule has 2 aromatic rings. The van der Waals surface area contributed by atoms with Crippen LogP contribution in [0.4, 0.5) is 0 Å². The Morgan fingerprint density at radius 1 is 1.41 bits per heavy atom. The van der Waals surface area contributed by atoms with Crippen LogP contribution in [-0.4, -0.2) is 16.1 Å². The van der Waals surface area contributed by atoms with E-state index in [1.807, 2.05) is 12.4 Å². The third kappa shape index (κ3) is 3.68. The summed E-state index contributed by atoms with van der Waals surface area (Å²) >= 11 is 3.48. The van der Waals surface area contributed by atoms with Gasteiger partial charge in [0.15, 0.2) is 0 Å². The standard InChI is InChI=1S/C13H16BrN3/c1-2-15-7-13-9-17(10-16-13)8-11-4-3-5-12(14)6-11/h3-6,9-10,15H,2,7-8H2,1H3. The number of rotatable bonds is 5. The second-order valence-electron chi connectivity index (χ2n) is 3.95. The molecule has 0 aliphatic rings. The number of benzene rings is 1. The summed E-state index contributed by atoms with van der Waals surface area (Å²) in [7, 11) is 0. The minimum Gasteiger partial charge on any atom is -0.333 e. The molecule has 0 radical (unpaired) electrons. The highest BCUT2D eigenvalue weighted by atomic mass is 79.9. The van der Waals surface area contributed by atoms with Crippen molar-refractivity contribution >= 4 is 15.9 Å². The molecule has 4 heteroatoms. The van der Waals surface area contributed by atoms with E-state index in [9.17, 15) is 0 Å². The van der Waals surface area contributed by atoms with Crippen molar-refractivity contribution in [1.29, 1.82) is 0 Å². The van der Waals surface area contributed by atoms with E-state index in [4.69, 9.17) is 0 Å². The largest absolute Gasteiger partial charge is 0.333 e. The number of aromatic nitrogens is 2. The molecule has 0 aliphatic heterocycles. The topological polar surface area (TPSA) is 29.9 Å². The molecule has 0 atom stereocenters. The van der Waals surface area contributed by atoms with Gasteiger partial charge < -0.3 is 9.88 Å².